The van der Waals surface area contributed by atoms with Crippen molar-refractivity contribution in [1.82, 2.24) is 0 Å². The number of carboxylic acid groups (broad SMARTS) is 1. The number of nitrogens with one attached hydrogen (secondary N) is 1. The van der Waals surface area contributed by atoms with E-state index >= 15 is 0 Å². The van der Waals surface area contributed by atoms with E-state index in [1.54, 1.807) is 0 Å². The highest BCUT2D eigenvalue weighted by atomic mass is 19.1. The molecule has 1 aliphatic carbocycles. The molecule has 0 spiro atoms. The van der Waals surface area contributed by atoms with Gasteiger partial charge in [-0.05, 0) is 25.0 Å². The lowest BCUT2D eigenvalue weighted by Gasteiger charge is -2.27. The van der Waals surface area contributed by atoms with Crippen LogP contribution >= 0.6 is 0 Å². The number of carboxylic acids is 1. The summed E-state index contributed by atoms with van der Waals surface area (Å²) in [4.78, 5) is 23.2. The van der Waals surface area contributed by atoms with Crippen LogP contribution in [-0.2, 0) is 9.59 Å². The van der Waals surface area contributed by atoms with Crippen LogP contribution in [0.15, 0.2) is 18.2 Å². The summed E-state index contributed by atoms with van der Waals surface area (Å²) in [7, 11) is 0. The highest BCUT2D eigenvalue weighted by Gasteiger charge is 2.35. The van der Waals surface area contributed by atoms with Gasteiger partial charge in [0.25, 0.3) is 0 Å². The van der Waals surface area contributed by atoms with Gasteiger partial charge in [-0.15, -0.1) is 0 Å². The van der Waals surface area contributed by atoms with Crippen molar-refractivity contribution >= 4 is 17.6 Å². The molecule has 2 N–H and O–H groups in total. The van der Waals surface area contributed by atoms with Gasteiger partial charge in [0.1, 0.15) is 11.6 Å². The average molecular weight is 283 g/mol. The van der Waals surface area contributed by atoms with Crippen molar-refractivity contribution < 1.29 is 23.5 Å². The fourth-order valence-corrected chi connectivity index (χ4v) is 2.56. The Kier molecular flexibility index (Phi) is 4.32. The van der Waals surface area contributed by atoms with E-state index < -0.39 is 35.3 Å². The van der Waals surface area contributed by atoms with Gasteiger partial charge in [-0.3, -0.25) is 9.59 Å². The van der Waals surface area contributed by atoms with Gasteiger partial charge in [-0.2, -0.15) is 0 Å². The fraction of sp³-hybridized carbons (Fsp3) is 0.429. The van der Waals surface area contributed by atoms with E-state index in [0.717, 1.165) is 31.0 Å². The predicted octanol–water partition coefficient (Wildman–Crippen LogP) is 2.79. The standard InChI is InChI=1S/C14H15F2NO3/c15-8-5-6-11(16)12(7-8)17-13(18)9-3-1-2-4-10(9)14(19)20/h5-7,9-10H,1-4H2,(H,17,18)(H,19,20)/t9-,10-/m1/s1. The molecule has 0 aromatic heterocycles. The van der Waals surface area contributed by atoms with Crippen LogP contribution in [0.3, 0.4) is 0 Å². The summed E-state index contributed by atoms with van der Waals surface area (Å²) in [5.74, 6) is -4.47. The van der Waals surface area contributed by atoms with Gasteiger partial charge in [0, 0.05) is 6.07 Å². The molecule has 0 aliphatic heterocycles. The maximum Gasteiger partial charge on any atom is 0.307 e. The van der Waals surface area contributed by atoms with Crippen molar-refractivity contribution in [3.8, 4) is 0 Å². The molecule has 1 aromatic rings. The van der Waals surface area contributed by atoms with Gasteiger partial charge in [0.15, 0.2) is 0 Å². The van der Waals surface area contributed by atoms with Crippen LogP contribution in [0.1, 0.15) is 25.7 Å². The first-order chi connectivity index (χ1) is 9.49. The third-order valence-electron chi connectivity index (χ3n) is 3.61. The Morgan fingerprint density at radius 2 is 1.80 bits per heavy atom. The topological polar surface area (TPSA) is 66.4 Å². The molecule has 1 saturated carbocycles. The number of amides is 1. The smallest absolute Gasteiger partial charge is 0.307 e. The summed E-state index contributed by atoms with van der Waals surface area (Å²) in [6.45, 7) is 0. The Bertz CT molecular complexity index is 533. The van der Waals surface area contributed by atoms with E-state index in [9.17, 15) is 18.4 Å². The number of hydrogen-bond donors (Lipinski definition) is 2. The Hall–Kier alpha value is -1.98. The molecule has 0 heterocycles. The average Bonchev–Trinajstić information content (AvgIpc) is 2.42. The highest BCUT2D eigenvalue weighted by molar-refractivity contribution is 5.95. The summed E-state index contributed by atoms with van der Waals surface area (Å²) >= 11 is 0. The molecule has 20 heavy (non-hydrogen) atoms. The lowest BCUT2D eigenvalue weighted by atomic mass is 9.78. The van der Waals surface area contributed by atoms with Crippen molar-refractivity contribution in [1.29, 1.82) is 0 Å². The number of rotatable bonds is 3. The molecular formula is C14H15F2NO3. The van der Waals surface area contributed by atoms with Crippen LogP contribution in [0.2, 0.25) is 0 Å². The van der Waals surface area contributed by atoms with Crippen LogP contribution in [0.25, 0.3) is 0 Å². The molecule has 0 bridgehead atoms. The first kappa shape index (κ1) is 14.4. The summed E-state index contributed by atoms with van der Waals surface area (Å²) in [5.41, 5.74) is -0.260. The lowest BCUT2D eigenvalue weighted by Crippen LogP contribution is -2.36. The van der Waals surface area contributed by atoms with Gasteiger partial charge in [0.2, 0.25) is 5.91 Å². The molecule has 6 heteroatoms. The minimum atomic E-state index is -1.02. The summed E-state index contributed by atoms with van der Waals surface area (Å²) < 4.78 is 26.5. The second-order valence-electron chi connectivity index (χ2n) is 4.95. The molecule has 0 radical (unpaired) electrons. The third kappa shape index (κ3) is 3.12. The second-order valence-corrected chi connectivity index (χ2v) is 4.95. The molecule has 0 saturated heterocycles. The molecular weight excluding hydrogens is 268 g/mol. The molecule has 4 nitrogen and oxygen atoms in total. The predicted molar refractivity (Wildman–Crippen MR) is 68.1 cm³/mol. The number of halogens is 2. The van der Waals surface area contributed by atoms with Gasteiger partial charge in [-0.1, -0.05) is 12.8 Å². The third-order valence-corrected chi connectivity index (χ3v) is 3.61. The van der Waals surface area contributed by atoms with E-state index in [1.807, 2.05) is 0 Å². The Morgan fingerprint density at radius 3 is 2.45 bits per heavy atom. The second kappa shape index (κ2) is 5.98. The number of carbonyl (C=O) groups is 2. The summed E-state index contributed by atoms with van der Waals surface area (Å²) in [6.07, 6.45) is 2.39. The monoisotopic (exact) mass is 283 g/mol. The fourth-order valence-electron chi connectivity index (χ4n) is 2.56. The Morgan fingerprint density at radius 1 is 1.15 bits per heavy atom. The molecule has 1 aromatic carbocycles. The number of anilines is 1. The van der Waals surface area contributed by atoms with Crippen molar-refractivity contribution in [2.75, 3.05) is 5.32 Å². The van der Waals surface area contributed by atoms with Crippen molar-refractivity contribution in [2.45, 2.75) is 25.7 Å². The largest absolute Gasteiger partial charge is 0.481 e. The quantitative estimate of drug-likeness (QED) is 0.896. The molecule has 1 fully saturated rings. The zero-order valence-corrected chi connectivity index (χ0v) is 10.7. The number of benzene rings is 1. The lowest BCUT2D eigenvalue weighted by molar-refractivity contribution is -0.147. The van der Waals surface area contributed by atoms with Gasteiger partial charge in [-0.25, -0.2) is 8.78 Å². The van der Waals surface area contributed by atoms with E-state index in [1.165, 1.54) is 0 Å². The van der Waals surface area contributed by atoms with Crippen LogP contribution in [0.5, 0.6) is 0 Å². The molecule has 1 amide bonds. The molecule has 2 rings (SSSR count). The summed E-state index contributed by atoms with van der Waals surface area (Å²) in [6, 6.07) is 2.75. The van der Waals surface area contributed by atoms with Crippen molar-refractivity contribution in [3.05, 3.63) is 29.8 Å². The van der Waals surface area contributed by atoms with Crippen LogP contribution < -0.4 is 5.32 Å². The molecule has 1 aliphatic rings. The zero-order valence-electron chi connectivity index (χ0n) is 10.7. The molecule has 108 valence electrons. The molecule has 2 atom stereocenters. The van der Waals surface area contributed by atoms with E-state index in [-0.39, 0.29) is 5.69 Å². The molecule has 0 unspecified atom stereocenters. The minimum Gasteiger partial charge on any atom is -0.481 e. The number of aliphatic carboxylic acids is 1. The number of hydrogen-bond acceptors (Lipinski definition) is 2. The highest BCUT2D eigenvalue weighted by Crippen LogP contribution is 2.31. The number of carbonyl (C=O) groups excluding carboxylic acids is 1. The van der Waals surface area contributed by atoms with E-state index in [2.05, 4.69) is 5.32 Å². The van der Waals surface area contributed by atoms with Gasteiger partial charge < -0.3 is 10.4 Å². The van der Waals surface area contributed by atoms with Crippen LogP contribution in [-0.4, -0.2) is 17.0 Å². The normalized spacial score (nSPS) is 22.3. The first-order valence-corrected chi connectivity index (χ1v) is 6.48. The maximum atomic E-state index is 13.5. The van der Waals surface area contributed by atoms with Crippen molar-refractivity contribution in [2.24, 2.45) is 11.8 Å². The summed E-state index contributed by atoms with van der Waals surface area (Å²) in [5, 5.41) is 11.4. The van der Waals surface area contributed by atoms with Crippen molar-refractivity contribution in [3.63, 3.8) is 0 Å². The van der Waals surface area contributed by atoms with Crippen LogP contribution in [0.4, 0.5) is 14.5 Å². The minimum absolute atomic E-state index is 0.260. The van der Waals surface area contributed by atoms with Gasteiger partial charge >= 0.3 is 5.97 Å². The van der Waals surface area contributed by atoms with E-state index in [0.29, 0.717) is 12.8 Å². The maximum absolute atomic E-state index is 13.5. The van der Waals surface area contributed by atoms with E-state index in [4.69, 9.17) is 5.11 Å². The first-order valence-electron chi connectivity index (χ1n) is 6.48. The van der Waals surface area contributed by atoms with Crippen LogP contribution in [0, 0.1) is 23.5 Å². The Labute approximate surface area is 114 Å². The van der Waals surface area contributed by atoms with Gasteiger partial charge in [0.05, 0.1) is 17.5 Å². The SMILES string of the molecule is O=C(O)[C@@H]1CCCC[C@H]1C(=O)Nc1cc(F)ccc1F. The zero-order chi connectivity index (χ0) is 14.7. The Balaban J connectivity index is 2.14.